The molecule has 3 aliphatic heterocycles. The topological polar surface area (TPSA) is 228 Å². The number of aliphatic hydroxyl groups excluding tert-OH is 8. The molecule has 4 aliphatic carbocycles. The number of rotatable bonds is 7. The lowest BCUT2D eigenvalue weighted by atomic mass is 9.39. The Labute approximate surface area is 319 Å². The maximum atomic E-state index is 12.3. The van der Waals surface area contributed by atoms with Crippen LogP contribution in [-0.4, -0.2) is 150 Å². The molecule has 0 spiro atoms. The van der Waals surface area contributed by atoms with Crippen molar-refractivity contribution in [2.24, 2.45) is 45.8 Å². The normalized spacial score (nSPS) is 56.2. The van der Waals surface area contributed by atoms with Gasteiger partial charge in [-0.15, -0.1) is 0 Å². The zero-order valence-corrected chi connectivity index (χ0v) is 33.0. The summed E-state index contributed by atoms with van der Waals surface area (Å²) in [5, 5.41) is 98.3. The van der Waals surface area contributed by atoms with Crippen molar-refractivity contribution in [2.45, 2.75) is 191 Å². The predicted molar refractivity (Wildman–Crippen MR) is 191 cm³/mol. The summed E-state index contributed by atoms with van der Waals surface area (Å²) in [5.74, 6) is -0.0111. The number of aliphatic hydroxyl groups is 9. The van der Waals surface area contributed by atoms with Gasteiger partial charge in [-0.3, -0.25) is 0 Å². The fraction of sp³-hybridized carbons (Fsp3) is 1.00. The minimum absolute atomic E-state index is 0.0586. The number of hydrogen-bond acceptors (Lipinski definition) is 14. The highest BCUT2D eigenvalue weighted by Gasteiger charge is 2.70. The quantitative estimate of drug-likeness (QED) is 0.162. The van der Waals surface area contributed by atoms with Gasteiger partial charge in [-0.1, -0.05) is 27.7 Å². The Morgan fingerprint density at radius 1 is 0.704 bits per heavy atom. The van der Waals surface area contributed by atoms with Gasteiger partial charge in [-0.25, -0.2) is 0 Å². The van der Waals surface area contributed by atoms with Gasteiger partial charge in [0, 0.05) is 0 Å². The molecule has 7 fully saturated rings. The van der Waals surface area contributed by atoms with Gasteiger partial charge in [-0.2, -0.15) is 0 Å². The molecule has 14 heteroatoms. The van der Waals surface area contributed by atoms with Crippen LogP contribution in [0.2, 0.25) is 0 Å². The molecule has 14 nitrogen and oxygen atoms in total. The fourth-order valence-electron chi connectivity index (χ4n) is 13.3. The van der Waals surface area contributed by atoms with Crippen LogP contribution in [0, 0.1) is 45.8 Å². The van der Waals surface area contributed by atoms with Crippen molar-refractivity contribution < 1.29 is 69.6 Å². The first-order chi connectivity index (χ1) is 25.1. The summed E-state index contributed by atoms with van der Waals surface area (Å²) in [6.07, 6.45) is -9.61. The van der Waals surface area contributed by atoms with Gasteiger partial charge in [0.2, 0.25) is 0 Å². The van der Waals surface area contributed by atoms with Gasteiger partial charge in [0.25, 0.3) is 0 Å². The standard InChI is InChI=1S/C40H68O14/c1-36(2)25(44)9-12-39(6)19-14-21(42)27-18(40(7)13-10-26(54-40)37(3,4)49)8-11-38(27,5)20(19)15-23(33(36)39)51-35-32(30(47)29(46)24(16-41)52-35)53-34-31(48)28(45)22(43)17-50-34/h18-35,41-49H,8-17H2,1-7H3/t18-,19?,20?,21?,22+,23-,24+,25?,26-,27?,28-,29+,30-,31+,32+,33?,34-,35+,38+,39+,40-/m0/s1. The monoisotopic (exact) mass is 772 g/mol. The van der Waals surface area contributed by atoms with Crippen molar-refractivity contribution in [3.8, 4) is 0 Å². The Morgan fingerprint density at radius 3 is 2.02 bits per heavy atom. The van der Waals surface area contributed by atoms with E-state index in [2.05, 4.69) is 20.8 Å². The van der Waals surface area contributed by atoms with Crippen molar-refractivity contribution in [3.05, 3.63) is 0 Å². The molecular weight excluding hydrogens is 704 g/mol. The zero-order valence-electron chi connectivity index (χ0n) is 33.0. The largest absolute Gasteiger partial charge is 0.394 e. The van der Waals surface area contributed by atoms with Gasteiger partial charge >= 0.3 is 0 Å². The van der Waals surface area contributed by atoms with Crippen LogP contribution in [0.25, 0.3) is 0 Å². The van der Waals surface area contributed by atoms with Crippen LogP contribution in [0.1, 0.15) is 99.8 Å². The Balaban J connectivity index is 1.23. The summed E-state index contributed by atoms with van der Waals surface area (Å²) >= 11 is 0. The van der Waals surface area contributed by atoms with E-state index in [0.29, 0.717) is 25.7 Å². The molecule has 0 bridgehead atoms. The molecule has 0 aromatic rings. The van der Waals surface area contributed by atoms with Gasteiger partial charge in [-0.05, 0) is 118 Å². The third-order valence-electron chi connectivity index (χ3n) is 16.2. The van der Waals surface area contributed by atoms with Crippen LogP contribution in [0.3, 0.4) is 0 Å². The molecule has 3 heterocycles. The van der Waals surface area contributed by atoms with E-state index in [0.717, 1.165) is 25.7 Å². The van der Waals surface area contributed by atoms with Crippen molar-refractivity contribution in [1.29, 1.82) is 0 Å². The van der Waals surface area contributed by atoms with E-state index in [1.165, 1.54) is 0 Å². The van der Waals surface area contributed by atoms with E-state index in [1.54, 1.807) is 13.8 Å². The molecule has 3 saturated heterocycles. The average Bonchev–Trinajstić information content (AvgIpc) is 3.69. The first kappa shape index (κ1) is 41.6. The first-order valence-corrected chi connectivity index (χ1v) is 20.4. The van der Waals surface area contributed by atoms with Crippen LogP contribution in [0.4, 0.5) is 0 Å². The average molecular weight is 773 g/mol. The van der Waals surface area contributed by atoms with Gasteiger partial charge < -0.3 is 69.6 Å². The molecule has 4 saturated carbocycles. The molecule has 6 unspecified atom stereocenters. The van der Waals surface area contributed by atoms with Gasteiger partial charge in [0.05, 0.1) is 48.8 Å². The second kappa shape index (κ2) is 14.3. The minimum Gasteiger partial charge on any atom is -0.394 e. The second-order valence-electron chi connectivity index (χ2n) is 20.1. The predicted octanol–water partition coefficient (Wildman–Crippen LogP) is 0.580. The summed E-state index contributed by atoms with van der Waals surface area (Å²) in [6.45, 7) is 13.4. The minimum atomic E-state index is -1.68. The summed E-state index contributed by atoms with van der Waals surface area (Å²) in [6, 6.07) is 0. The molecule has 9 N–H and O–H groups in total. The number of hydrogen-bond donors (Lipinski definition) is 9. The number of ether oxygens (including phenoxy) is 5. The van der Waals surface area contributed by atoms with Crippen LogP contribution < -0.4 is 0 Å². The zero-order chi connectivity index (χ0) is 39.5. The molecule has 0 aromatic carbocycles. The highest BCUT2D eigenvalue weighted by Crippen LogP contribution is 2.72. The second-order valence-corrected chi connectivity index (χ2v) is 20.1. The molecule has 312 valence electrons. The molecule has 54 heavy (non-hydrogen) atoms. The highest BCUT2D eigenvalue weighted by molar-refractivity contribution is 5.18. The molecule has 21 atom stereocenters. The van der Waals surface area contributed by atoms with E-state index >= 15 is 0 Å². The molecular formula is C40H68O14. The lowest BCUT2D eigenvalue weighted by Crippen LogP contribution is -2.68. The third-order valence-corrected chi connectivity index (χ3v) is 16.2. The van der Waals surface area contributed by atoms with Crippen LogP contribution in [0.15, 0.2) is 0 Å². The smallest absolute Gasteiger partial charge is 0.187 e. The first-order valence-electron chi connectivity index (χ1n) is 20.4. The van der Waals surface area contributed by atoms with Crippen molar-refractivity contribution in [2.75, 3.05) is 13.2 Å². The summed E-state index contributed by atoms with van der Waals surface area (Å²) in [5.41, 5.74) is -2.79. The van der Waals surface area contributed by atoms with E-state index in [9.17, 15) is 46.0 Å². The Bertz CT molecular complexity index is 1340. The van der Waals surface area contributed by atoms with E-state index in [4.69, 9.17) is 23.7 Å². The lowest BCUT2D eigenvalue weighted by molar-refractivity contribution is -0.373. The van der Waals surface area contributed by atoms with Crippen molar-refractivity contribution in [1.82, 2.24) is 0 Å². The van der Waals surface area contributed by atoms with E-state index in [-0.39, 0.29) is 53.1 Å². The van der Waals surface area contributed by atoms with Gasteiger partial charge in [0.1, 0.15) is 42.7 Å². The Morgan fingerprint density at radius 2 is 1.37 bits per heavy atom. The summed E-state index contributed by atoms with van der Waals surface area (Å²) in [7, 11) is 0. The number of fused-ring (bicyclic) bond motifs is 5. The Kier molecular flexibility index (Phi) is 11.0. The van der Waals surface area contributed by atoms with Crippen LogP contribution in [0.5, 0.6) is 0 Å². The van der Waals surface area contributed by atoms with Crippen LogP contribution >= 0.6 is 0 Å². The maximum absolute atomic E-state index is 12.3. The molecule has 0 aromatic heterocycles. The molecule has 0 amide bonds. The molecule has 7 aliphatic rings. The highest BCUT2D eigenvalue weighted by atomic mass is 16.8. The molecule has 0 radical (unpaired) electrons. The molecule has 7 rings (SSSR count). The van der Waals surface area contributed by atoms with Crippen molar-refractivity contribution in [3.63, 3.8) is 0 Å². The SMILES string of the molecule is CC1(C)C(O)CC[C@]2(C)C3CC(O)C4[C@@H]([C@]5(C)CC[C@@H](C(C)(C)O)O5)CC[C@]4(C)C3C[C@H](O[C@@H]3O[C@H](CO)[C@@H](O)[C@H](O)[C@H]3O[C@@H]3OC[C@@H](O)[C@H](O)[C@H]3O)C12. The van der Waals surface area contributed by atoms with E-state index < -0.39 is 96.8 Å². The van der Waals surface area contributed by atoms with Gasteiger partial charge in [0.15, 0.2) is 12.6 Å². The van der Waals surface area contributed by atoms with E-state index in [1.807, 2.05) is 13.8 Å². The summed E-state index contributed by atoms with van der Waals surface area (Å²) in [4.78, 5) is 0. The summed E-state index contributed by atoms with van der Waals surface area (Å²) < 4.78 is 31.4. The Hall–Kier alpha value is -0.560. The third kappa shape index (κ3) is 6.54. The lowest BCUT2D eigenvalue weighted by Gasteiger charge is -2.68. The maximum Gasteiger partial charge on any atom is 0.187 e. The fourth-order valence-corrected chi connectivity index (χ4v) is 13.3. The van der Waals surface area contributed by atoms with Crippen LogP contribution in [-0.2, 0) is 23.7 Å². The van der Waals surface area contributed by atoms with Crippen molar-refractivity contribution >= 4 is 0 Å².